The summed E-state index contributed by atoms with van der Waals surface area (Å²) in [5.41, 5.74) is 2.47. The highest BCUT2D eigenvalue weighted by atomic mass is 16.6. The van der Waals surface area contributed by atoms with Crippen LogP contribution in [0.4, 0.5) is 0 Å². The van der Waals surface area contributed by atoms with Crippen LogP contribution in [0.15, 0.2) is 24.3 Å². The Hall–Kier alpha value is -1.04. The Kier molecular flexibility index (Phi) is 4.17. The molecule has 3 aliphatic rings. The zero-order chi connectivity index (χ0) is 17.7. The second kappa shape index (κ2) is 6.00. The third kappa shape index (κ3) is 2.47. The molecule has 1 saturated heterocycles. The predicted octanol–water partition coefficient (Wildman–Crippen LogP) is 3.94. The molecule has 5 heteroatoms. The third-order valence-corrected chi connectivity index (χ3v) is 7.37. The van der Waals surface area contributed by atoms with Crippen molar-refractivity contribution >= 4 is 7.12 Å². The number of ether oxygens (including phenoxy) is 2. The van der Waals surface area contributed by atoms with Gasteiger partial charge in [-0.15, -0.1) is 0 Å². The summed E-state index contributed by atoms with van der Waals surface area (Å²) < 4.78 is 23.3. The van der Waals surface area contributed by atoms with Crippen LogP contribution in [0.25, 0.3) is 0 Å². The van der Waals surface area contributed by atoms with Gasteiger partial charge < -0.3 is 18.8 Å². The minimum atomic E-state index is -0.143. The van der Waals surface area contributed by atoms with Crippen molar-refractivity contribution in [3.05, 3.63) is 29.8 Å². The molecule has 0 aromatic heterocycles. The normalized spacial score (nSPS) is 35.2. The van der Waals surface area contributed by atoms with Gasteiger partial charge >= 0.3 is 7.12 Å². The maximum Gasteiger partial charge on any atom is 0.459 e. The monoisotopic (exact) mass is 344 g/mol. The van der Waals surface area contributed by atoms with Crippen LogP contribution >= 0.6 is 0 Å². The Morgan fingerprint density at radius 1 is 1.24 bits per heavy atom. The Bertz CT molecular complexity index is 631. The lowest BCUT2D eigenvalue weighted by Gasteiger charge is -2.26. The van der Waals surface area contributed by atoms with Gasteiger partial charge in [0.15, 0.2) is 0 Å². The van der Waals surface area contributed by atoms with Gasteiger partial charge in [-0.3, -0.25) is 0 Å². The molecule has 0 amide bonds. The highest BCUT2D eigenvalue weighted by molar-refractivity contribution is 6.44. The van der Waals surface area contributed by atoms with E-state index in [1.807, 2.05) is 24.3 Å². The van der Waals surface area contributed by atoms with Gasteiger partial charge in [0.1, 0.15) is 5.75 Å². The van der Waals surface area contributed by atoms with Crippen molar-refractivity contribution in [3.8, 4) is 5.75 Å². The molecule has 0 unspecified atom stereocenters. The standard InChI is InChI=1S/C20H29BO4/c1-15-20-14-19(20,18(20,2)3)9-11-24-21(25-15)10-12-23-13-16-5-7-17(22-4)8-6-16/h5-8,15H,9-14H2,1-4H3/t15-,19+,20-/m0/s1. The largest absolute Gasteiger partial charge is 0.497 e. The van der Waals surface area contributed by atoms with Crippen LogP contribution in [0.5, 0.6) is 5.75 Å². The summed E-state index contributed by atoms with van der Waals surface area (Å²) in [6.45, 7) is 9.08. The van der Waals surface area contributed by atoms with E-state index in [1.54, 1.807) is 7.11 Å². The second-order valence-electron chi connectivity index (χ2n) is 8.37. The second-order valence-corrected chi connectivity index (χ2v) is 8.37. The first-order chi connectivity index (χ1) is 12.0. The molecule has 4 rings (SSSR count). The summed E-state index contributed by atoms with van der Waals surface area (Å²) in [4.78, 5) is 0. The van der Waals surface area contributed by atoms with Gasteiger partial charge in [-0.2, -0.15) is 0 Å². The summed E-state index contributed by atoms with van der Waals surface area (Å²) in [5.74, 6) is 0.868. The predicted molar refractivity (Wildman–Crippen MR) is 97.6 cm³/mol. The molecule has 3 fully saturated rings. The third-order valence-electron chi connectivity index (χ3n) is 7.37. The van der Waals surface area contributed by atoms with Gasteiger partial charge in [-0.1, -0.05) is 26.0 Å². The topological polar surface area (TPSA) is 36.9 Å². The fraction of sp³-hybridized carbons (Fsp3) is 0.700. The average molecular weight is 344 g/mol. The van der Waals surface area contributed by atoms with E-state index in [1.165, 1.54) is 12.8 Å². The molecule has 4 nitrogen and oxygen atoms in total. The smallest absolute Gasteiger partial charge is 0.459 e. The molecule has 0 spiro atoms. The first-order valence-electron chi connectivity index (χ1n) is 9.45. The van der Waals surface area contributed by atoms with Crippen LogP contribution in [-0.2, 0) is 20.7 Å². The number of hydrogen-bond acceptors (Lipinski definition) is 4. The van der Waals surface area contributed by atoms with Crippen LogP contribution in [0.3, 0.4) is 0 Å². The summed E-state index contributed by atoms with van der Waals surface area (Å²) in [6, 6.07) is 7.98. The Morgan fingerprint density at radius 2 is 2.00 bits per heavy atom. The molecule has 1 aliphatic heterocycles. The fourth-order valence-corrected chi connectivity index (χ4v) is 5.62. The first-order valence-corrected chi connectivity index (χ1v) is 9.45. The van der Waals surface area contributed by atoms with E-state index < -0.39 is 0 Å². The molecule has 1 aromatic rings. The van der Waals surface area contributed by atoms with Crippen LogP contribution < -0.4 is 4.74 Å². The first kappa shape index (κ1) is 17.4. The zero-order valence-electron chi connectivity index (χ0n) is 15.8. The fourth-order valence-electron chi connectivity index (χ4n) is 5.62. The van der Waals surface area contributed by atoms with Crippen LogP contribution in [0.2, 0.25) is 6.32 Å². The lowest BCUT2D eigenvalue weighted by atomic mass is 9.82. The Balaban J connectivity index is 1.23. The number of methoxy groups -OCH3 is 1. The van der Waals surface area contributed by atoms with Crippen LogP contribution in [0, 0.1) is 16.2 Å². The molecule has 0 bridgehead atoms. The van der Waals surface area contributed by atoms with Crippen molar-refractivity contribution in [1.82, 2.24) is 0 Å². The van der Waals surface area contributed by atoms with Gasteiger partial charge in [0.2, 0.25) is 0 Å². The van der Waals surface area contributed by atoms with Crippen molar-refractivity contribution in [2.45, 2.75) is 52.6 Å². The summed E-state index contributed by atoms with van der Waals surface area (Å²) in [7, 11) is 1.53. The molecule has 25 heavy (non-hydrogen) atoms. The van der Waals surface area contributed by atoms with E-state index in [2.05, 4.69) is 20.8 Å². The molecular formula is C20H29BO4. The van der Waals surface area contributed by atoms with E-state index in [-0.39, 0.29) is 13.2 Å². The van der Waals surface area contributed by atoms with Crippen molar-refractivity contribution in [2.24, 2.45) is 16.2 Å². The summed E-state index contributed by atoms with van der Waals surface area (Å²) in [5, 5.41) is 0. The lowest BCUT2D eigenvalue weighted by molar-refractivity contribution is 0.0794. The van der Waals surface area contributed by atoms with Crippen LogP contribution in [0.1, 0.15) is 39.2 Å². The van der Waals surface area contributed by atoms with Gasteiger partial charge in [0.25, 0.3) is 0 Å². The lowest BCUT2D eigenvalue weighted by Crippen LogP contribution is -2.34. The highest BCUT2D eigenvalue weighted by Gasteiger charge is 2.96. The van der Waals surface area contributed by atoms with Crippen LogP contribution in [-0.4, -0.2) is 33.5 Å². The van der Waals surface area contributed by atoms with Crippen molar-refractivity contribution in [2.75, 3.05) is 20.3 Å². The zero-order valence-corrected chi connectivity index (χ0v) is 15.8. The number of hydrogen-bond donors (Lipinski definition) is 0. The highest BCUT2D eigenvalue weighted by Crippen LogP contribution is 2.99. The van der Waals surface area contributed by atoms with Crippen molar-refractivity contribution in [1.29, 1.82) is 0 Å². The molecule has 0 radical (unpaired) electrons. The number of benzene rings is 1. The molecule has 2 saturated carbocycles. The Morgan fingerprint density at radius 3 is 2.68 bits per heavy atom. The molecule has 1 heterocycles. The molecule has 136 valence electrons. The molecule has 2 aliphatic carbocycles. The maximum atomic E-state index is 6.28. The van der Waals surface area contributed by atoms with Crippen molar-refractivity contribution in [3.63, 3.8) is 0 Å². The van der Waals surface area contributed by atoms with E-state index >= 15 is 0 Å². The average Bonchev–Trinajstić information content (AvgIpc) is 3.40. The quantitative estimate of drug-likeness (QED) is 0.579. The van der Waals surface area contributed by atoms with Gasteiger partial charge in [-0.05, 0) is 48.3 Å². The molecule has 3 atom stereocenters. The minimum absolute atomic E-state index is 0.143. The van der Waals surface area contributed by atoms with Gasteiger partial charge in [0.05, 0.1) is 13.7 Å². The maximum absolute atomic E-state index is 6.28. The minimum Gasteiger partial charge on any atom is -0.497 e. The molecular weight excluding hydrogens is 315 g/mol. The SMILES string of the molecule is COc1ccc(COCCB2OCC[C@]34C[C@]3([C@H](C)O2)C4(C)C)cc1. The van der Waals surface area contributed by atoms with Crippen molar-refractivity contribution < 1.29 is 18.8 Å². The van der Waals surface area contributed by atoms with E-state index in [0.717, 1.165) is 24.2 Å². The van der Waals surface area contributed by atoms with E-state index in [9.17, 15) is 0 Å². The number of rotatable bonds is 6. The summed E-state index contributed by atoms with van der Waals surface area (Å²) in [6.07, 6.45) is 3.55. The summed E-state index contributed by atoms with van der Waals surface area (Å²) >= 11 is 0. The molecule has 1 aromatic carbocycles. The Labute approximate surface area is 151 Å². The van der Waals surface area contributed by atoms with Gasteiger partial charge in [0, 0.05) is 31.1 Å². The van der Waals surface area contributed by atoms with E-state index in [0.29, 0.717) is 29.5 Å². The van der Waals surface area contributed by atoms with Gasteiger partial charge in [-0.25, -0.2) is 0 Å². The molecule has 0 N–H and O–H groups in total. The van der Waals surface area contributed by atoms with E-state index in [4.69, 9.17) is 18.8 Å².